The van der Waals surface area contributed by atoms with Crippen LogP contribution in [0.1, 0.15) is 5.69 Å². The molecule has 9 heteroatoms. The smallest absolute Gasteiger partial charge is 0.213 e. The molecule has 0 atom stereocenters. The molecule has 0 spiro atoms. The second kappa shape index (κ2) is 9.91. The monoisotopic (exact) mass is 482 g/mol. The van der Waals surface area contributed by atoms with Gasteiger partial charge in [0.2, 0.25) is 5.88 Å². The lowest BCUT2D eigenvalue weighted by atomic mass is 10.1. The standard InChI is InChI=1S/C27H26N6O3/c1-32-16-18(14-29-32)26-15-28-24-9-8-20(12-25(24)31-26)33(17-19-6-5-7-27(30-19)36-4)21-10-22(34-2)13-23(11-21)35-3/h5-16H,17H2,1-4H3. The molecule has 0 unspecified atom stereocenters. The Labute approximate surface area is 208 Å². The lowest BCUT2D eigenvalue weighted by molar-refractivity contribution is 0.394. The summed E-state index contributed by atoms with van der Waals surface area (Å²) in [6.07, 6.45) is 5.47. The zero-order chi connectivity index (χ0) is 25.1. The summed E-state index contributed by atoms with van der Waals surface area (Å²) in [6, 6.07) is 17.5. The lowest BCUT2D eigenvalue weighted by Crippen LogP contribution is -2.17. The molecule has 0 aliphatic rings. The predicted molar refractivity (Wildman–Crippen MR) is 138 cm³/mol. The van der Waals surface area contributed by atoms with E-state index >= 15 is 0 Å². The molecular formula is C27H26N6O3. The summed E-state index contributed by atoms with van der Waals surface area (Å²) in [6.45, 7) is 0.481. The number of hydrogen-bond acceptors (Lipinski definition) is 8. The van der Waals surface area contributed by atoms with E-state index in [1.54, 1.807) is 38.4 Å². The summed E-state index contributed by atoms with van der Waals surface area (Å²) in [5.41, 5.74) is 5.88. The molecule has 0 saturated heterocycles. The number of hydrogen-bond donors (Lipinski definition) is 0. The molecule has 0 N–H and O–H groups in total. The van der Waals surface area contributed by atoms with Crippen molar-refractivity contribution in [2.45, 2.75) is 6.54 Å². The highest BCUT2D eigenvalue weighted by Gasteiger charge is 2.16. The maximum Gasteiger partial charge on any atom is 0.213 e. The fraction of sp³-hybridized carbons (Fsp3) is 0.185. The molecule has 0 aliphatic heterocycles. The van der Waals surface area contributed by atoms with Gasteiger partial charge in [0.25, 0.3) is 0 Å². The molecule has 0 radical (unpaired) electrons. The van der Waals surface area contributed by atoms with Gasteiger partial charge in [-0.25, -0.2) is 9.97 Å². The van der Waals surface area contributed by atoms with E-state index < -0.39 is 0 Å². The number of aryl methyl sites for hydroxylation is 1. The van der Waals surface area contributed by atoms with Crippen LogP contribution in [0, 0.1) is 0 Å². The first kappa shape index (κ1) is 23.1. The van der Waals surface area contributed by atoms with E-state index in [0.29, 0.717) is 23.9 Å². The Morgan fingerprint density at radius 1 is 0.806 bits per heavy atom. The van der Waals surface area contributed by atoms with Crippen LogP contribution in [-0.2, 0) is 13.6 Å². The van der Waals surface area contributed by atoms with Crippen LogP contribution in [-0.4, -0.2) is 46.1 Å². The molecule has 0 amide bonds. The van der Waals surface area contributed by atoms with Gasteiger partial charge in [0.15, 0.2) is 0 Å². The van der Waals surface area contributed by atoms with Gasteiger partial charge in [-0.2, -0.15) is 5.10 Å². The summed E-state index contributed by atoms with van der Waals surface area (Å²) >= 11 is 0. The highest BCUT2D eigenvalue weighted by atomic mass is 16.5. The third-order valence-corrected chi connectivity index (χ3v) is 5.80. The average molecular weight is 483 g/mol. The van der Waals surface area contributed by atoms with Crippen molar-refractivity contribution in [3.05, 3.63) is 78.9 Å². The highest BCUT2D eigenvalue weighted by Crippen LogP contribution is 2.35. The number of fused-ring (bicyclic) bond motifs is 1. The summed E-state index contributed by atoms with van der Waals surface area (Å²) < 4.78 is 18.2. The number of benzene rings is 2. The van der Waals surface area contributed by atoms with E-state index in [-0.39, 0.29) is 0 Å². The van der Waals surface area contributed by atoms with E-state index in [9.17, 15) is 0 Å². The Hall–Kier alpha value is -4.66. The van der Waals surface area contributed by atoms with Crippen molar-refractivity contribution in [3.63, 3.8) is 0 Å². The molecule has 36 heavy (non-hydrogen) atoms. The Kier molecular flexibility index (Phi) is 6.36. The average Bonchev–Trinajstić information content (AvgIpc) is 3.37. The van der Waals surface area contributed by atoms with Gasteiger partial charge in [0, 0.05) is 54.4 Å². The van der Waals surface area contributed by atoms with E-state index in [1.165, 1.54) is 0 Å². The van der Waals surface area contributed by atoms with Gasteiger partial charge in [-0.3, -0.25) is 9.67 Å². The van der Waals surface area contributed by atoms with Crippen LogP contribution >= 0.6 is 0 Å². The Balaban J connectivity index is 1.62. The fourth-order valence-electron chi connectivity index (χ4n) is 3.96. The maximum absolute atomic E-state index is 5.53. The van der Waals surface area contributed by atoms with Crippen molar-refractivity contribution in [3.8, 4) is 28.6 Å². The number of ether oxygens (including phenoxy) is 3. The number of aromatic nitrogens is 5. The van der Waals surface area contributed by atoms with Crippen molar-refractivity contribution >= 4 is 22.4 Å². The minimum Gasteiger partial charge on any atom is -0.497 e. The van der Waals surface area contributed by atoms with Crippen LogP contribution in [0.4, 0.5) is 11.4 Å². The number of anilines is 2. The maximum atomic E-state index is 5.53. The molecule has 0 bridgehead atoms. The molecular weight excluding hydrogens is 456 g/mol. The van der Waals surface area contributed by atoms with Gasteiger partial charge < -0.3 is 19.1 Å². The first-order valence-electron chi connectivity index (χ1n) is 11.3. The van der Waals surface area contributed by atoms with E-state index in [2.05, 4.69) is 20.0 Å². The molecule has 3 heterocycles. The number of pyridine rings is 1. The number of nitrogens with zero attached hydrogens (tertiary/aromatic N) is 6. The molecule has 0 saturated carbocycles. The second-order valence-electron chi connectivity index (χ2n) is 8.16. The third-order valence-electron chi connectivity index (χ3n) is 5.80. The minimum absolute atomic E-state index is 0.481. The minimum atomic E-state index is 0.481. The van der Waals surface area contributed by atoms with Crippen LogP contribution in [0.5, 0.6) is 17.4 Å². The van der Waals surface area contributed by atoms with E-state index in [1.807, 2.05) is 67.8 Å². The van der Waals surface area contributed by atoms with Gasteiger partial charge in [-0.05, 0) is 24.3 Å². The lowest BCUT2D eigenvalue weighted by Gasteiger charge is -2.26. The molecule has 5 aromatic rings. The van der Waals surface area contributed by atoms with Crippen LogP contribution < -0.4 is 19.1 Å². The molecule has 182 valence electrons. The Bertz CT molecular complexity index is 1490. The zero-order valence-corrected chi connectivity index (χ0v) is 20.5. The van der Waals surface area contributed by atoms with E-state index in [0.717, 1.165) is 39.4 Å². The predicted octanol–water partition coefficient (Wildman–Crippen LogP) is 4.79. The van der Waals surface area contributed by atoms with Crippen molar-refractivity contribution in [1.82, 2.24) is 24.7 Å². The van der Waals surface area contributed by atoms with Gasteiger partial charge in [-0.1, -0.05) is 6.07 Å². The zero-order valence-electron chi connectivity index (χ0n) is 20.5. The van der Waals surface area contributed by atoms with E-state index in [4.69, 9.17) is 19.2 Å². The van der Waals surface area contributed by atoms with Crippen LogP contribution in [0.15, 0.2) is 73.2 Å². The SMILES string of the molecule is COc1cc(OC)cc(N(Cc2cccc(OC)n2)c2ccc3ncc(-c4cnn(C)c4)nc3c2)c1. The van der Waals surface area contributed by atoms with Crippen molar-refractivity contribution in [2.75, 3.05) is 26.2 Å². The molecule has 5 rings (SSSR count). The van der Waals surface area contributed by atoms with Crippen LogP contribution in [0.2, 0.25) is 0 Å². The van der Waals surface area contributed by atoms with Gasteiger partial charge in [0.05, 0.1) is 62.7 Å². The summed E-state index contributed by atoms with van der Waals surface area (Å²) in [4.78, 5) is 16.2. The van der Waals surface area contributed by atoms with Gasteiger partial charge in [0.1, 0.15) is 11.5 Å². The number of methoxy groups -OCH3 is 3. The molecule has 2 aromatic carbocycles. The van der Waals surface area contributed by atoms with Crippen LogP contribution in [0.3, 0.4) is 0 Å². The largest absolute Gasteiger partial charge is 0.497 e. The number of rotatable bonds is 8. The van der Waals surface area contributed by atoms with Crippen molar-refractivity contribution in [1.29, 1.82) is 0 Å². The van der Waals surface area contributed by atoms with Crippen LogP contribution in [0.25, 0.3) is 22.3 Å². The topological polar surface area (TPSA) is 87.4 Å². The quantitative estimate of drug-likeness (QED) is 0.312. The first-order chi connectivity index (χ1) is 17.6. The highest BCUT2D eigenvalue weighted by molar-refractivity contribution is 5.82. The normalized spacial score (nSPS) is 10.9. The first-order valence-corrected chi connectivity index (χ1v) is 11.3. The Morgan fingerprint density at radius 2 is 1.61 bits per heavy atom. The summed E-state index contributed by atoms with van der Waals surface area (Å²) in [7, 11) is 6.76. The molecule has 0 aliphatic carbocycles. The molecule has 0 fully saturated rings. The van der Waals surface area contributed by atoms with Gasteiger partial charge >= 0.3 is 0 Å². The fourth-order valence-corrected chi connectivity index (χ4v) is 3.96. The van der Waals surface area contributed by atoms with Crippen molar-refractivity contribution < 1.29 is 14.2 Å². The molecule has 3 aromatic heterocycles. The second-order valence-corrected chi connectivity index (χ2v) is 8.16. The van der Waals surface area contributed by atoms with Gasteiger partial charge in [-0.15, -0.1) is 0 Å². The third kappa shape index (κ3) is 4.76. The summed E-state index contributed by atoms with van der Waals surface area (Å²) in [5.74, 6) is 1.93. The van der Waals surface area contributed by atoms with Crippen molar-refractivity contribution in [2.24, 2.45) is 7.05 Å². The summed E-state index contributed by atoms with van der Waals surface area (Å²) in [5, 5.41) is 4.25. The molecule has 9 nitrogen and oxygen atoms in total. The Morgan fingerprint density at radius 3 is 2.31 bits per heavy atom.